The summed E-state index contributed by atoms with van der Waals surface area (Å²) in [5.74, 6) is 1.26. The smallest absolute Gasteiger partial charge is 0.0798 e. The Hall–Kier alpha value is -4.61. The van der Waals surface area contributed by atoms with E-state index >= 15 is 0 Å². The van der Waals surface area contributed by atoms with Crippen LogP contribution in [0.25, 0.3) is 61.1 Å². The van der Waals surface area contributed by atoms with E-state index in [1.807, 2.05) is 74.5 Å². The fourth-order valence-corrected chi connectivity index (χ4v) is 8.40. The maximum Gasteiger partial charge on any atom is 0.0798 e. The number of para-hydroxylation sites is 2. The molecule has 0 aliphatic heterocycles. The summed E-state index contributed by atoms with van der Waals surface area (Å²) in [7, 11) is -1.34. The minimum atomic E-state index is -1.45. The van der Waals surface area contributed by atoms with Crippen LogP contribution >= 0.6 is 0 Å². The monoisotopic (exact) mass is 892 g/mol. The van der Waals surface area contributed by atoms with Gasteiger partial charge >= 0.3 is 0 Å². The van der Waals surface area contributed by atoms with Crippen molar-refractivity contribution < 1.29 is 27.3 Å². The van der Waals surface area contributed by atoms with E-state index in [9.17, 15) is 0 Å². The molecule has 3 aromatic heterocycles. The Labute approximate surface area is 331 Å². The molecule has 0 spiro atoms. The Kier molecular flexibility index (Phi) is 10.8. The van der Waals surface area contributed by atoms with Gasteiger partial charge in [0.25, 0.3) is 0 Å². The Bertz CT molecular complexity index is 2570. The largest absolute Gasteiger partial charge is 0.557 e. The maximum atomic E-state index is 8.45. The van der Waals surface area contributed by atoms with Crippen LogP contribution in [0.3, 0.4) is 0 Å². The molecule has 0 saturated heterocycles. The van der Waals surface area contributed by atoms with E-state index in [4.69, 9.17) is 12.1 Å². The molecule has 5 aromatic carbocycles. The van der Waals surface area contributed by atoms with E-state index in [-0.39, 0.29) is 26.0 Å². The van der Waals surface area contributed by atoms with Crippen LogP contribution in [0, 0.1) is 24.2 Å². The molecule has 8 rings (SSSR count). The zero-order chi connectivity index (χ0) is 38.2. The molecule has 0 unspecified atom stereocenters. The van der Waals surface area contributed by atoms with Crippen molar-refractivity contribution >= 4 is 46.0 Å². The van der Waals surface area contributed by atoms with E-state index in [0.717, 1.165) is 56.6 Å². The molecule has 3 heterocycles. The van der Waals surface area contributed by atoms with E-state index in [1.165, 1.54) is 16.1 Å². The molecule has 0 amide bonds. The van der Waals surface area contributed by atoms with Crippen molar-refractivity contribution in [2.24, 2.45) is 11.8 Å². The first-order valence-electron chi connectivity index (χ1n) is 19.2. The average Bonchev–Trinajstić information content (AvgIpc) is 3.76. The van der Waals surface area contributed by atoms with Crippen molar-refractivity contribution in [3.63, 3.8) is 0 Å². The first kappa shape index (κ1) is 35.4. The topological polar surface area (TPSA) is 43.9 Å². The number of fused-ring (bicyclic) bond motifs is 3. The van der Waals surface area contributed by atoms with Gasteiger partial charge in [-0.15, -0.1) is 42.0 Å². The molecule has 8 aromatic rings. The minimum absolute atomic E-state index is 0. The Morgan fingerprint density at radius 3 is 2.30 bits per heavy atom. The van der Waals surface area contributed by atoms with Crippen molar-refractivity contribution in [1.82, 2.24) is 14.5 Å². The summed E-state index contributed by atoms with van der Waals surface area (Å²) in [5, 5.41) is 4.70. The first-order chi connectivity index (χ1) is 25.8. The fourth-order valence-electron chi connectivity index (χ4n) is 6.82. The third kappa shape index (κ3) is 8.46. The van der Waals surface area contributed by atoms with Crippen molar-refractivity contribution in [2.75, 3.05) is 0 Å². The second kappa shape index (κ2) is 16.2. The number of aromatic nitrogens is 3. The van der Waals surface area contributed by atoms with Crippen molar-refractivity contribution in [3.8, 4) is 28.3 Å². The van der Waals surface area contributed by atoms with Crippen molar-refractivity contribution in [3.05, 3.63) is 145 Å². The molecule has 0 atom stereocenters. The minimum Gasteiger partial charge on any atom is -0.557 e. The molecule has 4 nitrogen and oxygen atoms in total. The summed E-state index contributed by atoms with van der Waals surface area (Å²) in [6, 6.07) is 42.0. The number of imidazole rings is 1. The van der Waals surface area contributed by atoms with Gasteiger partial charge in [0.15, 0.2) is 0 Å². The molecule has 0 aliphatic carbocycles. The molecule has 271 valence electrons. The summed E-state index contributed by atoms with van der Waals surface area (Å²) in [6.45, 7) is 15.5. The molecule has 0 aliphatic rings. The quantitative estimate of drug-likeness (QED) is 0.113. The molecular weight excluding hydrogens is 843 g/mol. The van der Waals surface area contributed by atoms with Crippen LogP contribution in [0.5, 0.6) is 0 Å². The number of pyridine rings is 1. The second-order valence-corrected chi connectivity index (χ2v) is 20.3. The van der Waals surface area contributed by atoms with Crippen LogP contribution in [0.15, 0.2) is 126 Å². The number of nitrogens with zero attached hydrogens (tertiary/aromatic N) is 3. The molecule has 0 saturated carbocycles. The summed E-state index contributed by atoms with van der Waals surface area (Å²) in [5.41, 5.74) is 8.48. The fraction of sp³-hybridized carbons (Fsp3) is 0.234. The van der Waals surface area contributed by atoms with Gasteiger partial charge in [0, 0.05) is 46.6 Å². The normalized spacial score (nSPS) is 12.5. The molecular formula is C47H47IrN3OSi-2. The molecule has 0 N–H and O–H groups in total. The van der Waals surface area contributed by atoms with Crippen LogP contribution in [0.4, 0.5) is 0 Å². The summed E-state index contributed by atoms with van der Waals surface area (Å²) in [6.07, 6.45) is 4.86. The predicted octanol–water partition coefficient (Wildman–Crippen LogP) is 11.9. The second-order valence-electron chi connectivity index (χ2n) is 15.2. The van der Waals surface area contributed by atoms with E-state index < -0.39 is 14.4 Å². The van der Waals surface area contributed by atoms with Gasteiger partial charge in [0.05, 0.1) is 24.9 Å². The summed E-state index contributed by atoms with van der Waals surface area (Å²) >= 11 is 0. The standard InChI is InChI=1S/C29H23N2O.C18H24NSi.Ir/c1-19(2)15-20-11-14-24-25(18-32-28(24)16-20)29-30-26-9-5-6-10-27(26)31(29)23-13-12-21-7-3-4-8-22(21)17-23;1-14(2)11-16-12-17(15-9-7-6-8-10-15)19-13-18(16)20(3,4)5;/h3-14,16-17,19H,15H2,1-2H3;6-9,12-14H,11H2,1-5H3;/q2*-1;/i15D2;;. The van der Waals surface area contributed by atoms with Gasteiger partial charge in [0.1, 0.15) is 0 Å². The predicted molar refractivity (Wildman–Crippen MR) is 221 cm³/mol. The van der Waals surface area contributed by atoms with Gasteiger partial charge in [-0.1, -0.05) is 130 Å². The third-order valence-corrected chi connectivity index (χ3v) is 11.2. The van der Waals surface area contributed by atoms with Gasteiger partial charge in [-0.2, -0.15) is 0 Å². The average molecular weight is 892 g/mol. The van der Waals surface area contributed by atoms with Crippen LogP contribution in [0.1, 0.15) is 41.6 Å². The number of furan rings is 1. The van der Waals surface area contributed by atoms with E-state index in [2.05, 4.69) is 110 Å². The third-order valence-electron chi connectivity index (χ3n) is 9.16. The van der Waals surface area contributed by atoms with Crippen molar-refractivity contribution in [1.29, 1.82) is 0 Å². The van der Waals surface area contributed by atoms with Gasteiger partial charge < -0.3 is 14.0 Å². The van der Waals surface area contributed by atoms with Crippen LogP contribution < -0.4 is 5.19 Å². The molecule has 6 heteroatoms. The summed E-state index contributed by atoms with van der Waals surface area (Å²) in [4.78, 5) is 9.65. The maximum absolute atomic E-state index is 8.45. The van der Waals surface area contributed by atoms with Gasteiger partial charge in [-0.3, -0.25) is 4.98 Å². The van der Waals surface area contributed by atoms with E-state index in [0.29, 0.717) is 17.1 Å². The first-order valence-corrected chi connectivity index (χ1v) is 21.7. The Morgan fingerprint density at radius 1 is 0.811 bits per heavy atom. The van der Waals surface area contributed by atoms with Gasteiger partial charge in [-0.05, 0) is 70.5 Å². The zero-order valence-electron chi connectivity index (χ0n) is 33.5. The Balaban J connectivity index is 0.000000211. The van der Waals surface area contributed by atoms with Crippen LogP contribution in [-0.2, 0) is 32.9 Å². The van der Waals surface area contributed by atoms with Gasteiger partial charge in [0.2, 0.25) is 0 Å². The van der Waals surface area contributed by atoms with Gasteiger partial charge in [-0.25, -0.2) is 0 Å². The van der Waals surface area contributed by atoms with Crippen LogP contribution in [0.2, 0.25) is 19.6 Å². The van der Waals surface area contributed by atoms with Crippen LogP contribution in [-0.4, -0.2) is 22.6 Å². The zero-order valence-corrected chi connectivity index (χ0v) is 34.9. The Morgan fingerprint density at radius 2 is 1.57 bits per heavy atom. The SMILES string of the molecule is CC(C)Cc1cc(-c2[c-]cccc2)ncc1[Si](C)(C)C.[2H]C([2H])(c1ccc2c(-c3nc4ccccc4n3-c3ccc4ccccc4c3)[c-]oc2c1)C(C)C.[Ir]. The molecule has 1 radical (unpaired) electrons. The number of hydrogen-bond acceptors (Lipinski definition) is 3. The van der Waals surface area contributed by atoms with Crippen molar-refractivity contribution in [2.45, 2.75) is 60.1 Å². The molecule has 0 bridgehead atoms. The number of hydrogen-bond donors (Lipinski definition) is 0. The number of benzene rings is 5. The molecule has 0 fully saturated rings. The summed E-state index contributed by atoms with van der Waals surface area (Å²) < 4.78 is 24.9. The number of rotatable bonds is 8. The van der Waals surface area contributed by atoms with E-state index in [1.54, 1.807) is 6.07 Å². The molecule has 53 heavy (non-hydrogen) atoms.